The number of aliphatic hydroxyl groups excluding tert-OH is 1. The summed E-state index contributed by atoms with van der Waals surface area (Å²) in [5.41, 5.74) is 0. The Hall–Kier alpha value is -1.27. The molecule has 90 valence electrons. The van der Waals surface area contributed by atoms with Crippen LogP contribution in [0.2, 0.25) is 0 Å². The molecular weight excluding hydrogens is 204 g/mol. The van der Waals surface area contributed by atoms with Gasteiger partial charge < -0.3 is 10.2 Å². The van der Waals surface area contributed by atoms with Gasteiger partial charge >= 0.3 is 5.97 Å². The Kier molecular flexibility index (Phi) is 10.9. The summed E-state index contributed by atoms with van der Waals surface area (Å²) in [6, 6.07) is 0. The Labute approximate surface area is 97.2 Å². The van der Waals surface area contributed by atoms with E-state index in [1.807, 2.05) is 0 Å². The molecule has 0 aromatic carbocycles. The number of hydrogen-bond acceptors (Lipinski definition) is 2. The lowest BCUT2D eigenvalue weighted by Gasteiger charge is -1.97. The van der Waals surface area contributed by atoms with E-state index < -0.39 is 5.97 Å². The number of allylic oxidation sites excluding steroid dienone is 1. The molecule has 0 spiro atoms. The molecule has 0 aliphatic rings. The number of aliphatic carboxylic acids is 1. The van der Waals surface area contributed by atoms with E-state index >= 15 is 0 Å². The zero-order valence-corrected chi connectivity index (χ0v) is 9.61. The lowest BCUT2D eigenvalue weighted by molar-refractivity contribution is -0.137. The van der Waals surface area contributed by atoms with E-state index in [9.17, 15) is 4.79 Å². The maximum absolute atomic E-state index is 10.2. The predicted octanol–water partition coefficient (Wildman–Crippen LogP) is 2.35. The zero-order chi connectivity index (χ0) is 12.1. The van der Waals surface area contributed by atoms with Crippen molar-refractivity contribution in [2.75, 3.05) is 6.61 Å². The molecule has 0 rings (SSSR count). The molecule has 0 heterocycles. The molecule has 3 heteroatoms. The Morgan fingerprint density at radius 3 is 2.50 bits per heavy atom. The monoisotopic (exact) mass is 224 g/mol. The van der Waals surface area contributed by atoms with Crippen molar-refractivity contribution in [2.45, 2.75) is 44.9 Å². The molecular formula is C13H20O3. The first-order chi connectivity index (χ1) is 7.77. The Morgan fingerprint density at radius 2 is 1.81 bits per heavy atom. The molecule has 3 nitrogen and oxygen atoms in total. The van der Waals surface area contributed by atoms with Crippen LogP contribution in [0.1, 0.15) is 44.9 Å². The summed E-state index contributed by atoms with van der Waals surface area (Å²) in [6.07, 6.45) is 9.45. The summed E-state index contributed by atoms with van der Waals surface area (Å²) in [6.45, 7) is 0.0399. The minimum Gasteiger partial charge on any atom is -0.481 e. The van der Waals surface area contributed by atoms with E-state index in [0.29, 0.717) is 0 Å². The van der Waals surface area contributed by atoms with Crippen molar-refractivity contribution in [1.82, 2.24) is 0 Å². The quantitative estimate of drug-likeness (QED) is 0.491. The van der Waals surface area contributed by atoms with E-state index in [1.165, 1.54) is 0 Å². The van der Waals surface area contributed by atoms with Gasteiger partial charge in [0.2, 0.25) is 0 Å². The van der Waals surface area contributed by atoms with E-state index in [-0.39, 0.29) is 13.0 Å². The second-order valence-corrected chi connectivity index (χ2v) is 3.57. The van der Waals surface area contributed by atoms with Crippen LogP contribution in [0.3, 0.4) is 0 Å². The Balaban J connectivity index is 3.17. The molecule has 0 aliphatic carbocycles. The largest absolute Gasteiger partial charge is 0.481 e. The summed E-state index contributed by atoms with van der Waals surface area (Å²) in [5.74, 6) is 5.12. The fraction of sp³-hybridized carbons (Fsp3) is 0.615. The maximum atomic E-state index is 10.2. The van der Waals surface area contributed by atoms with Gasteiger partial charge in [-0.3, -0.25) is 4.79 Å². The second-order valence-electron chi connectivity index (χ2n) is 3.57. The highest BCUT2D eigenvalue weighted by molar-refractivity contribution is 5.66. The van der Waals surface area contributed by atoms with Crippen molar-refractivity contribution < 1.29 is 15.0 Å². The fourth-order valence-corrected chi connectivity index (χ4v) is 1.26. The molecule has 0 atom stereocenters. The number of carbonyl (C=O) groups is 1. The molecule has 0 radical (unpaired) electrons. The summed E-state index contributed by atoms with van der Waals surface area (Å²) in [7, 11) is 0. The van der Waals surface area contributed by atoms with Crippen molar-refractivity contribution in [2.24, 2.45) is 0 Å². The molecule has 0 bridgehead atoms. The molecule has 0 amide bonds. The lowest BCUT2D eigenvalue weighted by Crippen LogP contribution is -1.93. The Morgan fingerprint density at radius 1 is 1.12 bits per heavy atom. The van der Waals surface area contributed by atoms with Crippen LogP contribution in [-0.4, -0.2) is 22.8 Å². The van der Waals surface area contributed by atoms with Gasteiger partial charge in [-0.25, -0.2) is 0 Å². The van der Waals surface area contributed by atoms with Gasteiger partial charge in [-0.05, 0) is 18.9 Å². The van der Waals surface area contributed by atoms with E-state index in [4.69, 9.17) is 10.2 Å². The zero-order valence-electron chi connectivity index (χ0n) is 9.61. The van der Waals surface area contributed by atoms with Crippen molar-refractivity contribution in [1.29, 1.82) is 0 Å². The maximum Gasteiger partial charge on any atom is 0.303 e. The number of rotatable bonds is 8. The number of carboxylic acid groups (broad SMARTS) is 1. The molecule has 0 saturated heterocycles. The fourth-order valence-electron chi connectivity index (χ4n) is 1.26. The Bertz CT molecular complexity index is 258. The van der Waals surface area contributed by atoms with Crippen molar-refractivity contribution in [3.63, 3.8) is 0 Å². The average Bonchev–Trinajstić information content (AvgIpc) is 2.25. The van der Waals surface area contributed by atoms with Crippen LogP contribution >= 0.6 is 0 Å². The number of hydrogen-bond donors (Lipinski definition) is 2. The van der Waals surface area contributed by atoms with Crippen LogP contribution in [0.15, 0.2) is 12.2 Å². The van der Waals surface area contributed by atoms with Crippen LogP contribution in [0.5, 0.6) is 0 Å². The van der Waals surface area contributed by atoms with Crippen LogP contribution < -0.4 is 0 Å². The smallest absolute Gasteiger partial charge is 0.303 e. The van der Waals surface area contributed by atoms with Crippen molar-refractivity contribution in [3.8, 4) is 11.8 Å². The van der Waals surface area contributed by atoms with Gasteiger partial charge in [0.25, 0.3) is 0 Å². The first-order valence-electron chi connectivity index (χ1n) is 5.73. The predicted molar refractivity (Wildman–Crippen MR) is 64.0 cm³/mol. The van der Waals surface area contributed by atoms with Gasteiger partial charge in [0, 0.05) is 12.8 Å². The van der Waals surface area contributed by atoms with Crippen molar-refractivity contribution in [3.05, 3.63) is 12.2 Å². The number of aliphatic hydroxyl groups is 1. The molecule has 0 saturated carbocycles. The number of unbranched alkanes of at least 4 members (excludes halogenated alkanes) is 5. The second kappa shape index (κ2) is 11.8. The van der Waals surface area contributed by atoms with Gasteiger partial charge in [0.1, 0.15) is 0 Å². The highest BCUT2D eigenvalue weighted by Crippen LogP contribution is 2.06. The first-order valence-corrected chi connectivity index (χ1v) is 5.73. The minimum absolute atomic E-state index is 0.0399. The molecule has 0 aromatic heterocycles. The third-order valence-electron chi connectivity index (χ3n) is 2.10. The van der Waals surface area contributed by atoms with E-state index in [0.717, 1.165) is 38.5 Å². The van der Waals surface area contributed by atoms with Gasteiger partial charge in [0.05, 0.1) is 6.61 Å². The first kappa shape index (κ1) is 14.7. The lowest BCUT2D eigenvalue weighted by atomic mass is 10.1. The highest BCUT2D eigenvalue weighted by atomic mass is 16.4. The standard InChI is InChI=1S/C13H20O3/c14-12-10-8-6-4-2-1-3-5-7-9-11-13(15)16/h8,10,14H,1-3,5,7,9,11-12H2,(H,15,16)/b10-8+. The van der Waals surface area contributed by atoms with Gasteiger partial charge in [-0.1, -0.05) is 37.2 Å². The van der Waals surface area contributed by atoms with Crippen LogP contribution in [0.4, 0.5) is 0 Å². The van der Waals surface area contributed by atoms with Gasteiger partial charge in [-0.2, -0.15) is 0 Å². The van der Waals surface area contributed by atoms with Crippen molar-refractivity contribution >= 4 is 5.97 Å². The van der Waals surface area contributed by atoms with E-state index in [2.05, 4.69) is 11.8 Å². The van der Waals surface area contributed by atoms with Gasteiger partial charge in [-0.15, -0.1) is 0 Å². The molecule has 0 aliphatic heterocycles. The molecule has 2 N–H and O–H groups in total. The normalized spacial score (nSPS) is 10.1. The van der Waals surface area contributed by atoms with Crippen LogP contribution in [0, 0.1) is 11.8 Å². The average molecular weight is 224 g/mol. The summed E-state index contributed by atoms with van der Waals surface area (Å²) < 4.78 is 0. The molecule has 0 unspecified atom stereocenters. The van der Waals surface area contributed by atoms with Gasteiger partial charge in [0.15, 0.2) is 0 Å². The number of carboxylic acids is 1. The van der Waals surface area contributed by atoms with E-state index in [1.54, 1.807) is 12.2 Å². The minimum atomic E-state index is -0.707. The highest BCUT2D eigenvalue weighted by Gasteiger charge is 1.95. The van der Waals surface area contributed by atoms with Crippen LogP contribution in [-0.2, 0) is 4.79 Å². The third-order valence-corrected chi connectivity index (χ3v) is 2.10. The SMILES string of the molecule is O=C(O)CCCCCCCC#C/C=C/CO. The molecule has 0 fully saturated rings. The summed E-state index contributed by atoms with van der Waals surface area (Å²) >= 11 is 0. The third kappa shape index (κ3) is 12.7. The summed E-state index contributed by atoms with van der Waals surface area (Å²) in [5, 5.41) is 16.8. The molecule has 16 heavy (non-hydrogen) atoms. The molecule has 0 aromatic rings. The summed E-state index contributed by atoms with van der Waals surface area (Å²) in [4.78, 5) is 10.2. The van der Waals surface area contributed by atoms with Crippen LogP contribution in [0.25, 0.3) is 0 Å². The topological polar surface area (TPSA) is 57.5 Å².